The van der Waals surface area contributed by atoms with E-state index in [1.165, 1.54) is 5.56 Å². The maximum absolute atomic E-state index is 9.75. The molecule has 1 aromatic carbocycles. The number of aryl methyl sites for hydroxylation is 2. The molecule has 0 saturated carbocycles. The molecule has 0 spiro atoms. The SMILES string of the molecule is Cc1ccc(OCC(C)NCc2nc(C)ccc2O)cc1. The third kappa shape index (κ3) is 4.76. The number of benzene rings is 1. The quantitative estimate of drug-likeness (QED) is 0.857. The van der Waals surface area contributed by atoms with Crippen molar-refractivity contribution < 1.29 is 9.84 Å². The Balaban J connectivity index is 1.80. The Bertz CT molecular complexity index is 582. The molecule has 0 saturated heterocycles. The van der Waals surface area contributed by atoms with Crippen LogP contribution >= 0.6 is 0 Å². The maximum Gasteiger partial charge on any atom is 0.138 e. The number of nitrogens with one attached hydrogen (secondary N) is 1. The number of pyridine rings is 1. The molecule has 2 N–H and O–H groups in total. The van der Waals surface area contributed by atoms with Gasteiger partial charge in [0, 0.05) is 18.3 Å². The Morgan fingerprint density at radius 3 is 2.57 bits per heavy atom. The molecule has 2 rings (SSSR count). The van der Waals surface area contributed by atoms with Gasteiger partial charge in [0.05, 0.1) is 5.69 Å². The minimum absolute atomic E-state index is 0.160. The highest BCUT2D eigenvalue weighted by Gasteiger charge is 2.07. The lowest BCUT2D eigenvalue weighted by molar-refractivity contribution is 0.271. The van der Waals surface area contributed by atoms with Crippen molar-refractivity contribution in [1.29, 1.82) is 0 Å². The number of ether oxygens (including phenoxy) is 1. The van der Waals surface area contributed by atoms with Gasteiger partial charge < -0.3 is 15.2 Å². The van der Waals surface area contributed by atoms with E-state index in [-0.39, 0.29) is 11.8 Å². The Morgan fingerprint density at radius 2 is 1.86 bits per heavy atom. The molecule has 0 aliphatic heterocycles. The van der Waals surface area contributed by atoms with Gasteiger partial charge in [-0.2, -0.15) is 0 Å². The molecule has 4 nitrogen and oxygen atoms in total. The minimum atomic E-state index is 0.160. The van der Waals surface area contributed by atoms with Gasteiger partial charge in [-0.15, -0.1) is 0 Å². The van der Waals surface area contributed by atoms with E-state index in [0.717, 1.165) is 11.4 Å². The molecular weight excluding hydrogens is 264 g/mol. The van der Waals surface area contributed by atoms with E-state index in [1.807, 2.05) is 38.1 Å². The lowest BCUT2D eigenvalue weighted by Gasteiger charge is -2.15. The summed E-state index contributed by atoms with van der Waals surface area (Å²) < 4.78 is 5.72. The average Bonchev–Trinajstić information content (AvgIpc) is 2.47. The molecule has 1 atom stereocenters. The monoisotopic (exact) mass is 286 g/mol. The first kappa shape index (κ1) is 15.3. The highest BCUT2D eigenvalue weighted by atomic mass is 16.5. The number of nitrogens with zero attached hydrogens (tertiary/aromatic N) is 1. The molecular formula is C17H22N2O2. The molecule has 1 unspecified atom stereocenters. The smallest absolute Gasteiger partial charge is 0.138 e. The van der Waals surface area contributed by atoms with Crippen LogP contribution in [0.5, 0.6) is 11.5 Å². The number of aromatic hydroxyl groups is 1. The van der Waals surface area contributed by atoms with Gasteiger partial charge in [-0.25, -0.2) is 0 Å². The van der Waals surface area contributed by atoms with Gasteiger partial charge in [-0.3, -0.25) is 4.98 Å². The molecule has 0 amide bonds. The highest BCUT2D eigenvalue weighted by Crippen LogP contribution is 2.15. The summed E-state index contributed by atoms with van der Waals surface area (Å²) in [6, 6.07) is 11.6. The fourth-order valence-corrected chi connectivity index (χ4v) is 1.92. The van der Waals surface area contributed by atoms with Crippen molar-refractivity contribution >= 4 is 0 Å². The van der Waals surface area contributed by atoms with Crippen LogP contribution in [0.4, 0.5) is 0 Å². The van der Waals surface area contributed by atoms with Crippen molar-refractivity contribution in [2.45, 2.75) is 33.4 Å². The lowest BCUT2D eigenvalue weighted by atomic mass is 10.2. The summed E-state index contributed by atoms with van der Waals surface area (Å²) in [6.45, 7) is 7.09. The molecule has 112 valence electrons. The van der Waals surface area contributed by atoms with Crippen LogP contribution in [0.1, 0.15) is 23.9 Å². The predicted molar refractivity (Wildman–Crippen MR) is 83.6 cm³/mol. The Kier molecular flexibility index (Phi) is 5.17. The first-order valence-corrected chi connectivity index (χ1v) is 7.13. The Labute approximate surface area is 125 Å². The van der Waals surface area contributed by atoms with Crippen molar-refractivity contribution in [3.8, 4) is 11.5 Å². The maximum atomic E-state index is 9.75. The summed E-state index contributed by atoms with van der Waals surface area (Å²) in [4.78, 5) is 4.32. The van der Waals surface area contributed by atoms with Crippen LogP contribution in [0.15, 0.2) is 36.4 Å². The molecule has 0 aliphatic carbocycles. The summed E-state index contributed by atoms with van der Waals surface area (Å²) in [7, 11) is 0. The third-order valence-electron chi connectivity index (χ3n) is 3.23. The standard InChI is InChI=1S/C17H22N2O2/c1-12-4-7-15(8-5-12)21-11-14(3)18-10-16-17(20)9-6-13(2)19-16/h4-9,14,18,20H,10-11H2,1-3H3. The van der Waals surface area contributed by atoms with Crippen LogP contribution in [-0.4, -0.2) is 22.7 Å². The second-order valence-electron chi connectivity index (χ2n) is 5.32. The third-order valence-corrected chi connectivity index (χ3v) is 3.23. The molecule has 4 heteroatoms. The van der Waals surface area contributed by atoms with Crippen LogP contribution in [0, 0.1) is 13.8 Å². The minimum Gasteiger partial charge on any atom is -0.506 e. The Hall–Kier alpha value is -2.07. The van der Waals surface area contributed by atoms with Crippen molar-refractivity contribution in [3.05, 3.63) is 53.3 Å². The zero-order chi connectivity index (χ0) is 15.2. The van der Waals surface area contributed by atoms with Crippen LogP contribution in [-0.2, 0) is 6.54 Å². The molecule has 1 heterocycles. The van der Waals surface area contributed by atoms with E-state index in [2.05, 4.69) is 17.2 Å². The first-order chi connectivity index (χ1) is 10.0. The number of aromatic nitrogens is 1. The zero-order valence-corrected chi connectivity index (χ0v) is 12.8. The molecule has 21 heavy (non-hydrogen) atoms. The summed E-state index contributed by atoms with van der Waals surface area (Å²) in [6.07, 6.45) is 0. The lowest BCUT2D eigenvalue weighted by Crippen LogP contribution is -2.31. The zero-order valence-electron chi connectivity index (χ0n) is 12.8. The van der Waals surface area contributed by atoms with Crippen molar-refractivity contribution in [3.63, 3.8) is 0 Å². The molecule has 0 radical (unpaired) electrons. The predicted octanol–water partition coefficient (Wildman–Crippen LogP) is 2.96. The molecule has 2 aromatic rings. The highest BCUT2D eigenvalue weighted by molar-refractivity contribution is 5.28. The molecule has 0 aliphatic rings. The van der Waals surface area contributed by atoms with Gasteiger partial charge in [-0.05, 0) is 45.0 Å². The van der Waals surface area contributed by atoms with Crippen molar-refractivity contribution in [1.82, 2.24) is 10.3 Å². The average molecular weight is 286 g/mol. The second kappa shape index (κ2) is 7.09. The van der Waals surface area contributed by atoms with E-state index in [0.29, 0.717) is 18.8 Å². The summed E-state index contributed by atoms with van der Waals surface area (Å²) in [5, 5.41) is 13.0. The molecule has 0 fully saturated rings. The second-order valence-corrected chi connectivity index (χ2v) is 5.32. The topological polar surface area (TPSA) is 54.4 Å². The van der Waals surface area contributed by atoms with Gasteiger partial charge in [0.15, 0.2) is 0 Å². The van der Waals surface area contributed by atoms with Gasteiger partial charge >= 0.3 is 0 Å². The van der Waals surface area contributed by atoms with Gasteiger partial charge in [0.2, 0.25) is 0 Å². The summed E-state index contributed by atoms with van der Waals surface area (Å²) in [5.74, 6) is 1.09. The van der Waals surface area contributed by atoms with Crippen LogP contribution in [0.25, 0.3) is 0 Å². The number of rotatable bonds is 6. The number of hydrogen-bond donors (Lipinski definition) is 2. The van der Waals surface area contributed by atoms with Crippen molar-refractivity contribution in [2.75, 3.05) is 6.61 Å². The van der Waals surface area contributed by atoms with E-state index < -0.39 is 0 Å². The molecule has 0 bridgehead atoms. The van der Waals surface area contributed by atoms with Gasteiger partial charge in [0.25, 0.3) is 0 Å². The fourth-order valence-electron chi connectivity index (χ4n) is 1.92. The van der Waals surface area contributed by atoms with Gasteiger partial charge in [-0.1, -0.05) is 17.7 Å². The normalized spacial score (nSPS) is 12.1. The molecule has 1 aromatic heterocycles. The number of hydrogen-bond acceptors (Lipinski definition) is 4. The van der Waals surface area contributed by atoms with E-state index >= 15 is 0 Å². The summed E-state index contributed by atoms with van der Waals surface area (Å²) >= 11 is 0. The summed E-state index contributed by atoms with van der Waals surface area (Å²) in [5.41, 5.74) is 2.78. The van der Waals surface area contributed by atoms with Crippen molar-refractivity contribution in [2.24, 2.45) is 0 Å². The Morgan fingerprint density at radius 1 is 1.14 bits per heavy atom. The largest absolute Gasteiger partial charge is 0.506 e. The first-order valence-electron chi connectivity index (χ1n) is 7.13. The van der Waals surface area contributed by atoms with Crippen LogP contribution < -0.4 is 10.1 Å². The van der Waals surface area contributed by atoms with Gasteiger partial charge in [0.1, 0.15) is 18.1 Å². The van der Waals surface area contributed by atoms with Crippen LogP contribution in [0.2, 0.25) is 0 Å². The van der Waals surface area contributed by atoms with Crippen LogP contribution in [0.3, 0.4) is 0 Å². The van der Waals surface area contributed by atoms with E-state index in [4.69, 9.17) is 4.74 Å². The van der Waals surface area contributed by atoms with E-state index in [9.17, 15) is 5.11 Å². The fraction of sp³-hybridized carbons (Fsp3) is 0.353. The van der Waals surface area contributed by atoms with E-state index in [1.54, 1.807) is 12.1 Å².